The molecule has 0 heterocycles. The highest BCUT2D eigenvalue weighted by Crippen LogP contribution is 2.26. The molecule has 0 saturated heterocycles. The van der Waals surface area contributed by atoms with Crippen molar-refractivity contribution in [2.24, 2.45) is 0 Å². The van der Waals surface area contributed by atoms with Gasteiger partial charge in [0, 0.05) is 12.1 Å². The van der Waals surface area contributed by atoms with Crippen molar-refractivity contribution in [1.82, 2.24) is 10.0 Å². The first-order valence-corrected chi connectivity index (χ1v) is 12.2. The first kappa shape index (κ1) is 25.2. The van der Waals surface area contributed by atoms with Crippen LogP contribution in [0.2, 0.25) is 0 Å². The van der Waals surface area contributed by atoms with Crippen molar-refractivity contribution in [2.45, 2.75) is 43.7 Å². The number of nitrogens with one attached hydrogen (secondary N) is 3. The molecule has 1 aliphatic rings. The van der Waals surface area contributed by atoms with Crippen LogP contribution in [0, 0.1) is 0 Å². The zero-order chi connectivity index (χ0) is 24.9. The minimum atomic E-state index is -3.95. The van der Waals surface area contributed by atoms with Gasteiger partial charge < -0.3 is 20.1 Å². The molecular formula is C23H27N3O7S. The lowest BCUT2D eigenvalue weighted by Crippen LogP contribution is -2.30. The number of esters is 1. The average molecular weight is 490 g/mol. The van der Waals surface area contributed by atoms with Gasteiger partial charge in [-0.05, 0) is 57.0 Å². The van der Waals surface area contributed by atoms with Gasteiger partial charge in [-0.25, -0.2) is 17.9 Å². The topological polar surface area (TPSA) is 140 Å². The van der Waals surface area contributed by atoms with Crippen molar-refractivity contribution in [2.75, 3.05) is 19.0 Å². The third kappa shape index (κ3) is 6.55. The molecule has 182 valence electrons. The molecule has 0 spiro atoms. The van der Waals surface area contributed by atoms with E-state index in [9.17, 15) is 22.8 Å². The lowest BCUT2D eigenvalue weighted by atomic mass is 10.1. The second kappa shape index (κ2) is 10.7. The van der Waals surface area contributed by atoms with Gasteiger partial charge in [0.1, 0.15) is 10.6 Å². The van der Waals surface area contributed by atoms with Crippen LogP contribution in [0.5, 0.6) is 5.75 Å². The van der Waals surface area contributed by atoms with E-state index in [-0.39, 0.29) is 34.2 Å². The molecule has 0 bridgehead atoms. The second-order valence-electron chi connectivity index (χ2n) is 8.06. The van der Waals surface area contributed by atoms with Crippen LogP contribution in [0.25, 0.3) is 0 Å². The van der Waals surface area contributed by atoms with E-state index in [4.69, 9.17) is 9.47 Å². The largest absolute Gasteiger partial charge is 0.495 e. The summed E-state index contributed by atoms with van der Waals surface area (Å²) in [6, 6.07) is 10.1. The van der Waals surface area contributed by atoms with Gasteiger partial charge in [0.25, 0.3) is 11.8 Å². The number of carbonyl (C=O) groups is 3. The smallest absolute Gasteiger partial charge is 0.338 e. The van der Waals surface area contributed by atoms with Crippen molar-refractivity contribution in [3.05, 3.63) is 53.6 Å². The highest BCUT2D eigenvalue weighted by atomic mass is 32.2. The van der Waals surface area contributed by atoms with Crippen LogP contribution >= 0.6 is 0 Å². The maximum Gasteiger partial charge on any atom is 0.338 e. The van der Waals surface area contributed by atoms with Crippen molar-refractivity contribution >= 4 is 33.5 Å². The summed E-state index contributed by atoms with van der Waals surface area (Å²) in [6.07, 6.45) is 1.86. The number of amides is 2. The summed E-state index contributed by atoms with van der Waals surface area (Å²) in [7, 11) is -2.63. The summed E-state index contributed by atoms with van der Waals surface area (Å²) < 4.78 is 37.7. The van der Waals surface area contributed by atoms with Crippen molar-refractivity contribution in [3.63, 3.8) is 0 Å². The number of ether oxygens (including phenoxy) is 2. The van der Waals surface area contributed by atoms with E-state index in [2.05, 4.69) is 15.4 Å². The minimum absolute atomic E-state index is 0.0588. The zero-order valence-electron chi connectivity index (χ0n) is 19.1. The monoisotopic (exact) mass is 489 g/mol. The molecule has 0 aromatic heterocycles. The summed E-state index contributed by atoms with van der Waals surface area (Å²) in [4.78, 5) is 37.0. The van der Waals surface area contributed by atoms with Gasteiger partial charge in [0.05, 0.1) is 23.9 Å². The van der Waals surface area contributed by atoms with Gasteiger partial charge in [-0.15, -0.1) is 0 Å². The Kier molecular flexibility index (Phi) is 7.90. The van der Waals surface area contributed by atoms with Crippen molar-refractivity contribution in [1.29, 1.82) is 0 Å². The molecule has 1 fully saturated rings. The highest BCUT2D eigenvalue weighted by Gasteiger charge is 2.25. The molecule has 3 N–H and O–H groups in total. The molecule has 0 radical (unpaired) electrons. The number of hydrogen-bond acceptors (Lipinski definition) is 7. The molecule has 0 unspecified atom stereocenters. The molecule has 1 aliphatic carbocycles. The quantitative estimate of drug-likeness (QED) is 0.434. The van der Waals surface area contributed by atoms with Crippen LogP contribution in [0.1, 0.15) is 47.4 Å². The number of benzene rings is 2. The maximum absolute atomic E-state index is 12.6. The van der Waals surface area contributed by atoms with Gasteiger partial charge in [-0.2, -0.15) is 0 Å². The number of para-hydroxylation sites is 1. The predicted molar refractivity (Wildman–Crippen MR) is 124 cm³/mol. The molecule has 0 aliphatic heterocycles. The zero-order valence-corrected chi connectivity index (χ0v) is 19.9. The van der Waals surface area contributed by atoms with E-state index >= 15 is 0 Å². The molecule has 10 nitrogen and oxygen atoms in total. The van der Waals surface area contributed by atoms with Crippen LogP contribution in [-0.4, -0.2) is 52.0 Å². The van der Waals surface area contributed by atoms with Crippen molar-refractivity contribution < 1.29 is 32.3 Å². The van der Waals surface area contributed by atoms with Crippen LogP contribution < -0.4 is 20.1 Å². The summed E-state index contributed by atoms with van der Waals surface area (Å²) in [6.45, 7) is 2.69. The molecule has 3 rings (SSSR count). The molecule has 11 heteroatoms. The summed E-state index contributed by atoms with van der Waals surface area (Å²) in [5.74, 6) is -1.78. The van der Waals surface area contributed by atoms with Crippen LogP contribution in [-0.2, 0) is 19.6 Å². The molecule has 2 amide bonds. The van der Waals surface area contributed by atoms with E-state index in [1.165, 1.54) is 19.2 Å². The number of carbonyl (C=O) groups excluding carboxylic acids is 3. The molecule has 0 atom stereocenters. The Bertz CT molecular complexity index is 1190. The van der Waals surface area contributed by atoms with Crippen LogP contribution in [0.3, 0.4) is 0 Å². The van der Waals surface area contributed by atoms with E-state index in [1.807, 2.05) is 0 Å². The molecular weight excluding hydrogens is 462 g/mol. The Hall–Kier alpha value is -3.44. The predicted octanol–water partition coefficient (Wildman–Crippen LogP) is 2.07. The van der Waals surface area contributed by atoms with Gasteiger partial charge in [-0.3, -0.25) is 9.59 Å². The fourth-order valence-corrected chi connectivity index (χ4v) is 4.52. The summed E-state index contributed by atoms with van der Waals surface area (Å²) >= 11 is 0. The van der Waals surface area contributed by atoms with E-state index in [1.54, 1.807) is 38.1 Å². The van der Waals surface area contributed by atoms with Gasteiger partial charge in [0.2, 0.25) is 10.0 Å². The lowest BCUT2D eigenvalue weighted by Gasteiger charge is -2.14. The fourth-order valence-electron chi connectivity index (χ4n) is 3.07. The molecule has 34 heavy (non-hydrogen) atoms. The Labute approximate surface area is 198 Å². The van der Waals surface area contributed by atoms with Gasteiger partial charge in [-0.1, -0.05) is 12.1 Å². The first-order chi connectivity index (χ1) is 16.1. The summed E-state index contributed by atoms with van der Waals surface area (Å²) in [5.41, 5.74) is 0.526. The third-order valence-corrected chi connectivity index (χ3v) is 6.45. The third-order valence-electron chi connectivity index (χ3n) is 4.77. The van der Waals surface area contributed by atoms with Crippen molar-refractivity contribution in [3.8, 4) is 5.75 Å². The van der Waals surface area contributed by atoms with Gasteiger partial charge >= 0.3 is 5.97 Å². The van der Waals surface area contributed by atoms with E-state index < -0.39 is 28.5 Å². The Morgan fingerprint density at radius 3 is 2.44 bits per heavy atom. The SMILES string of the molecule is COc1ccc(C(=O)OCC(=O)Nc2ccccc2C(=O)NC2CC2)cc1S(=O)(=O)NC(C)C. The summed E-state index contributed by atoms with van der Waals surface area (Å²) in [5, 5.41) is 5.42. The molecule has 2 aromatic carbocycles. The second-order valence-corrected chi connectivity index (χ2v) is 9.74. The molecule has 1 saturated carbocycles. The minimum Gasteiger partial charge on any atom is -0.495 e. The Morgan fingerprint density at radius 1 is 1.09 bits per heavy atom. The van der Waals surface area contributed by atoms with E-state index in [0.717, 1.165) is 18.9 Å². The highest BCUT2D eigenvalue weighted by molar-refractivity contribution is 7.89. The Balaban J connectivity index is 1.66. The van der Waals surface area contributed by atoms with E-state index in [0.29, 0.717) is 11.3 Å². The van der Waals surface area contributed by atoms with Crippen LogP contribution in [0.4, 0.5) is 5.69 Å². The Morgan fingerprint density at radius 2 is 1.79 bits per heavy atom. The standard InChI is InChI=1S/C23H27N3O7S/c1-14(2)26-34(30,31)20-12-15(8-11-19(20)32-3)23(29)33-13-21(27)25-18-7-5-4-6-17(18)22(28)24-16-9-10-16/h4-8,11-12,14,16,26H,9-10,13H2,1-3H3,(H,24,28)(H,25,27). The van der Waals surface area contributed by atoms with Crippen LogP contribution in [0.15, 0.2) is 47.4 Å². The average Bonchev–Trinajstić information content (AvgIpc) is 3.60. The fraction of sp³-hybridized carbons (Fsp3) is 0.348. The van der Waals surface area contributed by atoms with Gasteiger partial charge in [0.15, 0.2) is 6.61 Å². The first-order valence-electron chi connectivity index (χ1n) is 10.7. The maximum atomic E-state index is 12.6. The number of rotatable bonds is 10. The normalized spacial score (nSPS) is 13.3. The lowest BCUT2D eigenvalue weighted by molar-refractivity contribution is -0.119. The number of methoxy groups -OCH3 is 1. The molecule has 2 aromatic rings. The number of sulfonamides is 1. The number of hydrogen-bond donors (Lipinski definition) is 3. The number of anilines is 1.